The fourth-order valence-corrected chi connectivity index (χ4v) is 4.76. The lowest BCUT2D eigenvalue weighted by atomic mass is 10.1. The number of sulfonamides is 1. The third kappa shape index (κ3) is 6.13. The van der Waals surface area contributed by atoms with Gasteiger partial charge in [0.1, 0.15) is 5.75 Å². The molecule has 0 aliphatic rings. The normalized spacial score (nSPS) is 12.4. The Morgan fingerprint density at radius 2 is 1.81 bits per heavy atom. The van der Waals surface area contributed by atoms with E-state index in [-0.39, 0.29) is 10.8 Å². The van der Waals surface area contributed by atoms with E-state index in [1.54, 1.807) is 23.5 Å². The molecule has 1 atom stereocenters. The van der Waals surface area contributed by atoms with Crippen molar-refractivity contribution in [1.29, 1.82) is 0 Å². The zero-order valence-electron chi connectivity index (χ0n) is 17.6. The van der Waals surface area contributed by atoms with E-state index in [1.165, 1.54) is 26.2 Å². The van der Waals surface area contributed by atoms with Gasteiger partial charge in [-0.1, -0.05) is 24.3 Å². The minimum atomic E-state index is -3.81. The van der Waals surface area contributed by atoms with Gasteiger partial charge in [0.25, 0.3) is 0 Å². The number of hydrogen-bond donors (Lipinski definition) is 2. The van der Waals surface area contributed by atoms with Crippen LogP contribution in [0.3, 0.4) is 0 Å². The van der Waals surface area contributed by atoms with Crippen molar-refractivity contribution in [2.45, 2.75) is 31.2 Å². The van der Waals surface area contributed by atoms with Crippen LogP contribution in [0.25, 0.3) is 11.3 Å². The van der Waals surface area contributed by atoms with Crippen molar-refractivity contribution in [2.75, 3.05) is 13.7 Å². The van der Waals surface area contributed by atoms with Crippen LogP contribution >= 0.6 is 11.3 Å². The molecule has 2 N–H and O–H groups in total. The average molecular weight is 460 g/mol. The number of nitrogens with one attached hydrogen (secondary N) is 2. The first-order valence-corrected chi connectivity index (χ1v) is 12.1. The number of amides is 1. The number of thiazole rings is 1. The van der Waals surface area contributed by atoms with E-state index in [4.69, 9.17) is 4.74 Å². The molecule has 0 fully saturated rings. The van der Waals surface area contributed by atoms with Crippen LogP contribution < -0.4 is 14.8 Å². The summed E-state index contributed by atoms with van der Waals surface area (Å²) >= 11 is 1.61. The summed E-state index contributed by atoms with van der Waals surface area (Å²) in [5.74, 6) is 0.172. The monoisotopic (exact) mass is 459 g/mol. The van der Waals surface area contributed by atoms with E-state index in [1.807, 2.05) is 36.6 Å². The third-order valence-electron chi connectivity index (χ3n) is 4.68. The number of rotatable bonds is 9. The quantitative estimate of drug-likeness (QED) is 0.512. The van der Waals surface area contributed by atoms with Gasteiger partial charge in [-0.15, -0.1) is 11.3 Å². The Hall–Kier alpha value is -2.75. The molecular formula is C22H25N3O4S2. The molecule has 0 spiro atoms. The van der Waals surface area contributed by atoms with Gasteiger partial charge in [0.2, 0.25) is 15.9 Å². The summed E-state index contributed by atoms with van der Waals surface area (Å²) in [6.07, 6.45) is 0.639. The number of nitrogens with zero attached hydrogens (tertiary/aromatic N) is 1. The van der Waals surface area contributed by atoms with Crippen molar-refractivity contribution in [1.82, 2.24) is 15.0 Å². The molecule has 3 rings (SSSR count). The lowest BCUT2D eigenvalue weighted by Gasteiger charge is -2.15. The summed E-state index contributed by atoms with van der Waals surface area (Å²) < 4.78 is 32.3. The first-order valence-electron chi connectivity index (χ1n) is 9.74. The molecule has 7 nitrogen and oxygen atoms in total. The standard InChI is InChI=1S/C22H25N3O4S2/c1-15(25-31(27,28)20-10-8-19(29-3)9-11-20)22(26)23-13-12-17-4-6-18(7-5-17)21-14-30-16(2)24-21/h4-11,14-15,25H,12-13H2,1-3H3,(H,23,26)/t15-/m0/s1. The minimum absolute atomic E-state index is 0.0725. The second kappa shape index (κ2) is 10.0. The van der Waals surface area contributed by atoms with Gasteiger partial charge >= 0.3 is 0 Å². The van der Waals surface area contributed by atoms with Crippen molar-refractivity contribution < 1.29 is 17.9 Å². The van der Waals surface area contributed by atoms with E-state index in [0.29, 0.717) is 18.7 Å². The molecule has 3 aromatic rings. The number of hydrogen-bond acceptors (Lipinski definition) is 6. The Morgan fingerprint density at radius 1 is 1.13 bits per heavy atom. The van der Waals surface area contributed by atoms with Crippen LogP contribution in [0.5, 0.6) is 5.75 Å². The van der Waals surface area contributed by atoms with E-state index >= 15 is 0 Å². The molecule has 0 saturated carbocycles. The van der Waals surface area contributed by atoms with Crippen molar-refractivity contribution >= 4 is 27.3 Å². The van der Waals surface area contributed by atoms with Crippen molar-refractivity contribution in [3.05, 3.63) is 64.5 Å². The lowest BCUT2D eigenvalue weighted by Crippen LogP contribution is -2.45. The molecule has 1 aromatic heterocycles. The van der Waals surface area contributed by atoms with Crippen LogP contribution in [0.4, 0.5) is 0 Å². The van der Waals surface area contributed by atoms with E-state index in [0.717, 1.165) is 21.8 Å². The second-order valence-corrected chi connectivity index (χ2v) is 9.78. The van der Waals surface area contributed by atoms with Crippen molar-refractivity contribution in [2.24, 2.45) is 0 Å². The summed E-state index contributed by atoms with van der Waals surface area (Å²) in [6.45, 7) is 3.90. The van der Waals surface area contributed by atoms with Gasteiger partial charge in [-0.2, -0.15) is 4.72 Å². The largest absolute Gasteiger partial charge is 0.497 e. The summed E-state index contributed by atoms with van der Waals surface area (Å²) in [5, 5.41) is 5.83. The summed E-state index contributed by atoms with van der Waals surface area (Å²) in [7, 11) is -2.30. The Morgan fingerprint density at radius 3 is 2.39 bits per heavy atom. The van der Waals surface area contributed by atoms with Gasteiger partial charge in [0.05, 0.1) is 28.7 Å². The first-order chi connectivity index (χ1) is 14.8. The number of carbonyl (C=O) groups excluding carboxylic acids is 1. The summed E-state index contributed by atoms with van der Waals surface area (Å²) in [5.41, 5.74) is 3.08. The van der Waals surface area contributed by atoms with Gasteiger partial charge in [-0.25, -0.2) is 13.4 Å². The van der Waals surface area contributed by atoms with Crippen LogP contribution in [-0.4, -0.2) is 39.0 Å². The van der Waals surface area contributed by atoms with Gasteiger partial charge in [-0.3, -0.25) is 4.79 Å². The Balaban J connectivity index is 1.49. The average Bonchev–Trinajstić information content (AvgIpc) is 3.20. The fourth-order valence-electron chi connectivity index (χ4n) is 2.93. The molecule has 31 heavy (non-hydrogen) atoms. The van der Waals surface area contributed by atoms with Gasteiger partial charge in [0, 0.05) is 17.5 Å². The predicted octanol–water partition coefficient (Wildman–Crippen LogP) is 3.15. The molecule has 0 radical (unpaired) electrons. The molecule has 0 bridgehead atoms. The van der Waals surface area contributed by atoms with Crippen molar-refractivity contribution in [3.8, 4) is 17.0 Å². The van der Waals surface area contributed by atoms with Crippen LogP contribution in [0.15, 0.2) is 58.8 Å². The van der Waals surface area contributed by atoms with Crippen LogP contribution in [-0.2, 0) is 21.2 Å². The first kappa shape index (κ1) is 22.9. The zero-order valence-corrected chi connectivity index (χ0v) is 19.2. The molecule has 0 aliphatic carbocycles. The third-order valence-corrected chi connectivity index (χ3v) is 7.01. The van der Waals surface area contributed by atoms with E-state index < -0.39 is 16.1 Å². The minimum Gasteiger partial charge on any atom is -0.497 e. The van der Waals surface area contributed by atoms with Gasteiger partial charge < -0.3 is 10.1 Å². The number of ether oxygens (including phenoxy) is 1. The maximum absolute atomic E-state index is 12.5. The zero-order chi connectivity index (χ0) is 22.4. The predicted molar refractivity (Wildman–Crippen MR) is 122 cm³/mol. The summed E-state index contributed by atoms with van der Waals surface area (Å²) in [4.78, 5) is 16.9. The topological polar surface area (TPSA) is 97.4 Å². The molecule has 0 aliphatic heterocycles. The smallest absolute Gasteiger partial charge is 0.241 e. The highest BCUT2D eigenvalue weighted by molar-refractivity contribution is 7.89. The number of aryl methyl sites for hydroxylation is 1. The highest BCUT2D eigenvalue weighted by atomic mass is 32.2. The SMILES string of the molecule is COc1ccc(S(=O)(=O)N[C@@H](C)C(=O)NCCc2ccc(-c3csc(C)n3)cc2)cc1. The molecule has 164 valence electrons. The Labute approximate surface area is 186 Å². The van der Waals surface area contributed by atoms with Crippen LogP contribution in [0.2, 0.25) is 0 Å². The van der Waals surface area contributed by atoms with Crippen LogP contribution in [0, 0.1) is 6.92 Å². The van der Waals surface area contributed by atoms with E-state index in [2.05, 4.69) is 15.0 Å². The molecular weight excluding hydrogens is 434 g/mol. The molecule has 0 unspecified atom stereocenters. The molecule has 0 saturated heterocycles. The number of aromatic nitrogens is 1. The Bertz CT molecular complexity index is 1120. The van der Waals surface area contributed by atoms with Gasteiger partial charge in [-0.05, 0) is 50.1 Å². The molecule has 9 heteroatoms. The van der Waals surface area contributed by atoms with E-state index in [9.17, 15) is 13.2 Å². The molecule has 1 amide bonds. The maximum Gasteiger partial charge on any atom is 0.241 e. The number of methoxy groups -OCH3 is 1. The second-order valence-electron chi connectivity index (χ2n) is 7.01. The van der Waals surface area contributed by atoms with Crippen LogP contribution in [0.1, 0.15) is 17.5 Å². The number of carbonyl (C=O) groups is 1. The Kier molecular flexibility index (Phi) is 7.42. The number of benzene rings is 2. The van der Waals surface area contributed by atoms with Crippen molar-refractivity contribution in [3.63, 3.8) is 0 Å². The summed E-state index contributed by atoms with van der Waals surface area (Å²) in [6, 6.07) is 13.1. The maximum atomic E-state index is 12.5. The highest BCUT2D eigenvalue weighted by Crippen LogP contribution is 2.22. The fraction of sp³-hybridized carbons (Fsp3) is 0.273. The molecule has 2 aromatic carbocycles. The van der Waals surface area contributed by atoms with Gasteiger partial charge in [0.15, 0.2) is 0 Å². The highest BCUT2D eigenvalue weighted by Gasteiger charge is 2.21. The molecule has 1 heterocycles. The lowest BCUT2D eigenvalue weighted by molar-refractivity contribution is -0.122.